The molecule has 0 aliphatic carbocycles. The molecule has 2 rings (SSSR count). The summed E-state index contributed by atoms with van der Waals surface area (Å²) in [5.74, 6) is 0.0466. The molecular weight excluding hydrogens is 271 g/mol. The minimum Gasteiger partial charge on any atom is -0.456 e. The summed E-state index contributed by atoms with van der Waals surface area (Å²) in [5, 5.41) is 12.0. The zero-order valence-electron chi connectivity index (χ0n) is 9.68. The van der Waals surface area contributed by atoms with Crippen LogP contribution in [0.25, 0.3) is 0 Å². The molecule has 0 saturated carbocycles. The Balaban J connectivity index is 2.40. The topological polar surface area (TPSA) is 67.8 Å². The van der Waals surface area contributed by atoms with Gasteiger partial charge in [-0.2, -0.15) is 0 Å². The number of amidine groups is 1. The van der Waals surface area contributed by atoms with Gasteiger partial charge in [-0.3, -0.25) is 0 Å². The maximum Gasteiger partial charge on any atom is 0.173 e. The molecule has 0 saturated heterocycles. The van der Waals surface area contributed by atoms with Gasteiger partial charge in [-0.05, 0) is 30.3 Å². The normalized spacial score (nSPS) is 11.4. The summed E-state index contributed by atoms with van der Waals surface area (Å²) in [6.45, 7) is 0. The highest BCUT2D eigenvalue weighted by Crippen LogP contribution is 2.28. The zero-order valence-corrected chi connectivity index (χ0v) is 10.4. The summed E-state index contributed by atoms with van der Waals surface area (Å²) in [6, 6.07) is 10.3. The molecule has 0 heterocycles. The van der Waals surface area contributed by atoms with Gasteiger partial charge in [0.25, 0.3) is 0 Å². The number of ether oxygens (including phenoxy) is 1. The molecule has 0 aromatic heterocycles. The van der Waals surface area contributed by atoms with E-state index in [9.17, 15) is 4.39 Å². The molecule has 2 aromatic carbocycles. The Hall–Kier alpha value is -2.27. The van der Waals surface area contributed by atoms with E-state index in [-0.39, 0.29) is 5.84 Å². The van der Waals surface area contributed by atoms with Crippen molar-refractivity contribution in [3.05, 3.63) is 58.9 Å². The molecule has 0 bridgehead atoms. The molecule has 98 valence electrons. The van der Waals surface area contributed by atoms with Crippen LogP contribution in [0.15, 0.2) is 47.6 Å². The summed E-state index contributed by atoms with van der Waals surface area (Å²) in [5.41, 5.74) is 5.85. The fourth-order valence-corrected chi connectivity index (χ4v) is 1.67. The van der Waals surface area contributed by atoms with Gasteiger partial charge < -0.3 is 15.7 Å². The summed E-state index contributed by atoms with van der Waals surface area (Å²) >= 11 is 5.84. The molecule has 0 aliphatic heterocycles. The minimum atomic E-state index is -0.420. The Morgan fingerprint density at radius 1 is 1.26 bits per heavy atom. The largest absolute Gasteiger partial charge is 0.456 e. The van der Waals surface area contributed by atoms with Gasteiger partial charge in [0.1, 0.15) is 17.3 Å². The van der Waals surface area contributed by atoms with Crippen LogP contribution in [-0.4, -0.2) is 11.0 Å². The van der Waals surface area contributed by atoms with Crippen LogP contribution in [0.3, 0.4) is 0 Å². The van der Waals surface area contributed by atoms with Gasteiger partial charge in [-0.1, -0.05) is 22.8 Å². The van der Waals surface area contributed by atoms with Crippen LogP contribution in [0.1, 0.15) is 5.56 Å². The van der Waals surface area contributed by atoms with Gasteiger partial charge in [0.05, 0.1) is 5.56 Å². The van der Waals surface area contributed by atoms with Crippen LogP contribution in [0.5, 0.6) is 11.5 Å². The fourth-order valence-electron chi connectivity index (χ4n) is 1.50. The number of halogens is 2. The van der Waals surface area contributed by atoms with E-state index >= 15 is 0 Å². The van der Waals surface area contributed by atoms with E-state index in [2.05, 4.69) is 5.16 Å². The summed E-state index contributed by atoms with van der Waals surface area (Å²) in [4.78, 5) is 0. The third kappa shape index (κ3) is 3.14. The van der Waals surface area contributed by atoms with Crippen LogP contribution in [0.2, 0.25) is 5.02 Å². The number of rotatable bonds is 3. The predicted octanol–water partition coefficient (Wildman–Crippen LogP) is 3.37. The SMILES string of the molecule is NC(=NO)c1cc(Cl)ccc1Oc1cccc(F)c1. The average Bonchev–Trinajstić information content (AvgIpc) is 2.40. The van der Waals surface area contributed by atoms with E-state index in [4.69, 9.17) is 27.3 Å². The molecule has 19 heavy (non-hydrogen) atoms. The molecule has 0 spiro atoms. The van der Waals surface area contributed by atoms with Crippen molar-refractivity contribution in [2.24, 2.45) is 10.9 Å². The minimum absolute atomic E-state index is 0.145. The third-order valence-electron chi connectivity index (χ3n) is 2.35. The molecule has 6 heteroatoms. The molecular formula is C13H10ClFN2O2. The van der Waals surface area contributed by atoms with Crippen molar-refractivity contribution in [3.63, 3.8) is 0 Å². The zero-order chi connectivity index (χ0) is 13.8. The van der Waals surface area contributed by atoms with Crippen LogP contribution >= 0.6 is 11.6 Å². The quantitative estimate of drug-likeness (QED) is 0.392. The van der Waals surface area contributed by atoms with Crippen LogP contribution in [-0.2, 0) is 0 Å². The van der Waals surface area contributed by atoms with Crippen molar-refractivity contribution in [1.29, 1.82) is 0 Å². The first kappa shape index (κ1) is 13.2. The lowest BCUT2D eigenvalue weighted by Crippen LogP contribution is -2.14. The molecule has 0 unspecified atom stereocenters. The Morgan fingerprint density at radius 2 is 2.05 bits per heavy atom. The monoisotopic (exact) mass is 280 g/mol. The maximum absolute atomic E-state index is 13.1. The van der Waals surface area contributed by atoms with E-state index in [1.807, 2.05) is 0 Å². The van der Waals surface area contributed by atoms with Crippen molar-refractivity contribution < 1.29 is 14.3 Å². The van der Waals surface area contributed by atoms with Crippen molar-refractivity contribution in [2.75, 3.05) is 0 Å². The number of benzene rings is 2. The first-order valence-electron chi connectivity index (χ1n) is 5.31. The van der Waals surface area contributed by atoms with Gasteiger partial charge >= 0.3 is 0 Å². The second-order valence-corrected chi connectivity index (χ2v) is 4.12. The molecule has 0 aliphatic rings. The van der Waals surface area contributed by atoms with Gasteiger partial charge in [-0.25, -0.2) is 4.39 Å². The number of oxime groups is 1. The molecule has 0 radical (unpaired) electrons. The molecule has 0 fully saturated rings. The Kier molecular flexibility index (Phi) is 3.87. The average molecular weight is 281 g/mol. The third-order valence-corrected chi connectivity index (χ3v) is 2.58. The van der Waals surface area contributed by atoms with E-state index in [1.54, 1.807) is 18.2 Å². The van der Waals surface area contributed by atoms with Crippen LogP contribution in [0, 0.1) is 5.82 Å². The van der Waals surface area contributed by atoms with Crippen molar-refractivity contribution in [1.82, 2.24) is 0 Å². The summed E-state index contributed by atoms with van der Waals surface area (Å²) in [7, 11) is 0. The van der Waals surface area contributed by atoms with Crippen molar-refractivity contribution in [2.45, 2.75) is 0 Å². The Labute approximate surface area is 113 Å². The Bertz CT molecular complexity index is 632. The lowest BCUT2D eigenvalue weighted by Gasteiger charge is -2.10. The standard InChI is InChI=1S/C13H10ClFN2O2/c14-8-4-5-12(11(6-8)13(16)17-18)19-10-3-1-2-9(15)7-10/h1-7,18H,(H2,16,17). The molecule has 3 N–H and O–H groups in total. The van der Waals surface area contributed by atoms with Crippen LogP contribution in [0.4, 0.5) is 4.39 Å². The first-order chi connectivity index (χ1) is 9.10. The summed E-state index contributed by atoms with van der Waals surface area (Å²) < 4.78 is 18.6. The van der Waals surface area contributed by atoms with E-state index in [1.165, 1.54) is 24.3 Å². The number of hydrogen-bond donors (Lipinski definition) is 2. The van der Waals surface area contributed by atoms with Crippen molar-refractivity contribution in [3.8, 4) is 11.5 Å². The van der Waals surface area contributed by atoms with Gasteiger partial charge in [0.2, 0.25) is 0 Å². The summed E-state index contributed by atoms with van der Waals surface area (Å²) in [6.07, 6.45) is 0. The molecule has 4 nitrogen and oxygen atoms in total. The lowest BCUT2D eigenvalue weighted by molar-refractivity contribution is 0.318. The number of hydrogen-bond acceptors (Lipinski definition) is 3. The van der Waals surface area contributed by atoms with Gasteiger partial charge in [-0.15, -0.1) is 0 Å². The van der Waals surface area contributed by atoms with E-state index in [0.29, 0.717) is 22.1 Å². The van der Waals surface area contributed by atoms with E-state index < -0.39 is 5.82 Å². The fraction of sp³-hybridized carbons (Fsp3) is 0. The molecule has 0 atom stereocenters. The van der Waals surface area contributed by atoms with Gasteiger partial charge in [0, 0.05) is 11.1 Å². The maximum atomic E-state index is 13.1. The predicted molar refractivity (Wildman–Crippen MR) is 70.4 cm³/mol. The second kappa shape index (κ2) is 5.58. The first-order valence-corrected chi connectivity index (χ1v) is 5.69. The van der Waals surface area contributed by atoms with Crippen molar-refractivity contribution >= 4 is 17.4 Å². The number of nitrogens with zero attached hydrogens (tertiary/aromatic N) is 1. The van der Waals surface area contributed by atoms with E-state index in [0.717, 1.165) is 0 Å². The molecule has 0 amide bonds. The van der Waals surface area contributed by atoms with Crippen LogP contribution < -0.4 is 10.5 Å². The highest BCUT2D eigenvalue weighted by Gasteiger charge is 2.10. The van der Waals surface area contributed by atoms with Gasteiger partial charge in [0.15, 0.2) is 5.84 Å². The second-order valence-electron chi connectivity index (χ2n) is 3.69. The highest BCUT2D eigenvalue weighted by atomic mass is 35.5. The number of nitrogens with two attached hydrogens (primary N) is 1. The highest BCUT2D eigenvalue weighted by molar-refractivity contribution is 6.31. The smallest absolute Gasteiger partial charge is 0.173 e. The lowest BCUT2D eigenvalue weighted by atomic mass is 10.2. The molecule has 2 aromatic rings. The Morgan fingerprint density at radius 3 is 2.74 bits per heavy atom.